The minimum Gasteiger partial charge on any atom is -0.334 e. The highest BCUT2D eigenvalue weighted by atomic mass is 19.1. The number of hydrogen-bond donors (Lipinski definition) is 1. The van der Waals surface area contributed by atoms with E-state index in [-0.39, 0.29) is 17.9 Å². The molecule has 1 saturated heterocycles. The molecular formula is C20H28FN5O. The number of hydrogen-bond acceptors (Lipinski definition) is 3. The standard InChI is InChI=1S/C20H28FN5O/c1-14-19(15(2)26(23-14)18-7-5-16(21)6-8-18)13-22-20(27)25(4)17-9-11-24(3)12-10-17/h5-8,17H,9-13H2,1-4H3,(H,22,27). The molecule has 0 aliphatic carbocycles. The van der Waals surface area contributed by atoms with Crippen LogP contribution in [0.3, 0.4) is 0 Å². The van der Waals surface area contributed by atoms with Crippen LogP contribution in [0.5, 0.6) is 0 Å². The van der Waals surface area contributed by atoms with Crippen LogP contribution in [-0.4, -0.2) is 58.8 Å². The van der Waals surface area contributed by atoms with Crippen LogP contribution in [-0.2, 0) is 6.54 Å². The highest BCUT2D eigenvalue weighted by Gasteiger charge is 2.24. The Kier molecular flexibility index (Phi) is 5.79. The molecule has 0 atom stereocenters. The van der Waals surface area contributed by atoms with E-state index >= 15 is 0 Å². The zero-order valence-corrected chi connectivity index (χ0v) is 16.5. The average Bonchev–Trinajstić information content (AvgIpc) is 2.94. The number of nitrogens with one attached hydrogen (secondary N) is 1. The maximum absolute atomic E-state index is 13.2. The molecule has 0 bridgehead atoms. The Labute approximate surface area is 160 Å². The number of urea groups is 1. The van der Waals surface area contributed by atoms with Gasteiger partial charge in [0.05, 0.1) is 11.4 Å². The Morgan fingerprint density at radius 3 is 2.52 bits per heavy atom. The highest BCUT2D eigenvalue weighted by Crippen LogP contribution is 2.19. The van der Waals surface area contributed by atoms with Crippen LogP contribution in [0.25, 0.3) is 5.69 Å². The molecule has 2 amide bonds. The molecule has 1 aliphatic rings. The summed E-state index contributed by atoms with van der Waals surface area (Å²) in [5, 5.41) is 7.58. The van der Waals surface area contributed by atoms with Gasteiger partial charge in [-0.3, -0.25) is 0 Å². The second kappa shape index (κ2) is 8.08. The van der Waals surface area contributed by atoms with E-state index in [1.807, 2.05) is 25.8 Å². The van der Waals surface area contributed by atoms with Gasteiger partial charge in [0.25, 0.3) is 0 Å². The number of likely N-dealkylation sites (tertiary alicyclic amines) is 1. The molecule has 27 heavy (non-hydrogen) atoms. The number of amides is 2. The van der Waals surface area contributed by atoms with E-state index < -0.39 is 0 Å². The van der Waals surface area contributed by atoms with E-state index in [9.17, 15) is 9.18 Å². The van der Waals surface area contributed by atoms with Crippen molar-refractivity contribution in [2.75, 3.05) is 27.2 Å². The molecule has 1 aliphatic heterocycles. The summed E-state index contributed by atoms with van der Waals surface area (Å²) in [4.78, 5) is 16.7. The first-order chi connectivity index (χ1) is 12.9. The molecule has 1 fully saturated rings. The summed E-state index contributed by atoms with van der Waals surface area (Å²) >= 11 is 0. The van der Waals surface area contributed by atoms with E-state index in [2.05, 4.69) is 22.4 Å². The molecule has 2 heterocycles. The smallest absolute Gasteiger partial charge is 0.317 e. The fourth-order valence-electron chi connectivity index (χ4n) is 3.60. The molecule has 0 radical (unpaired) electrons. The Morgan fingerprint density at radius 2 is 1.89 bits per heavy atom. The van der Waals surface area contributed by atoms with Crippen molar-refractivity contribution in [3.63, 3.8) is 0 Å². The van der Waals surface area contributed by atoms with Gasteiger partial charge in [-0.1, -0.05) is 0 Å². The Bertz CT molecular complexity index is 793. The molecule has 0 saturated carbocycles. The Hall–Kier alpha value is -2.41. The molecule has 3 rings (SSSR count). The van der Waals surface area contributed by atoms with Gasteiger partial charge in [0, 0.05) is 30.9 Å². The molecule has 0 spiro atoms. The van der Waals surface area contributed by atoms with Crippen LogP contribution in [0.4, 0.5) is 9.18 Å². The highest BCUT2D eigenvalue weighted by molar-refractivity contribution is 5.74. The summed E-state index contributed by atoms with van der Waals surface area (Å²) in [7, 11) is 3.98. The lowest BCUT2D eigenvalue weighted by Gasteiger charge is -2.35. The quantitative estimate of drug-likeness (QED) is 0.897. The van der Waals surface area contributed by atoms with Crippen LogP contribution in [0, 0.1) is 19.7 Å². The minimum absolute atomic E-state index is 0.0575. The summed E-state index contributed by atoms with van der Waals surface area (Å²) in [5.74, 6) is -0.273. The third kappa shape index (κ3) is 4.30. The van der Waals surface area contributed by atoms with E-state index in [1.165, 1.54) is 12.1 Å². The molecule has 6 nitrogen and oxygen atoms in total. The number of halogens is 1. The number of aromatic nitrogens is 2. The molecule has 2 aromatic rings. The topological polar surface area (TPSA) is 53.4 Å². The number of piperidine rings is 1. The van der Waals surface area contributed by atoms with Crippen LogP contribution in [0.2, 0.25) is 0 Å². The number of aryl methyl sites for hydroxylation is 1. The van der Waals surface area contributed by atoms with Gasteiger partial charge in [0.1, 0.15) is 5.82 Å². The van der Waals surface area contributed by atoms with E-state index in [4.69, 9.17) is 0 Å². The van der Waals surface area contributed by atoms with Crippen molar-refractivity contribution in [2.45, 2.75) is 39.3 Å². The molecule has 1 N–H and O–H groups in total. The summed E-state index contributed by atoms with van der Waals surface area (Å²) < 4.78 is 15.0. The summed E-state index contributed by atoms with van der Waals surface area (Å²) in [6.45, 7) is 6.35. The number of benzene rings is 1. The van der Waals surface area contributed by atoms with Gasteiger partial charge in [-0.25, -0.2) is 13.9 Å². The predicted octanol–water partition coefficient (Wildman–Crippen LogP) is 2.86. The lowest BCUT2D eigenvalue weighted by atomic mass is 10.0. The maximum Gasteiger partial charge on any atom is 0.317 e. The molecular weight excluding hydrogens is 345 g/mol. The van der Waals surface area contributed by atoms with Gasteiger partial charge >= 0.3 is 6.03 Å². The Morgan fingerprint density at radius 1 is 1.26 bits per heavy atom. The van der Waals surface area contributed by atoms with Gasteiger partial charge in [-0.2, -0.15) is 5.10 Å². The van der Waals surface area contributed by atoms with Gasteiger partial charge in [-0.15, -0.1) is 0 Å². The zero-order valence-electron chi connectivity index (χ0n) is 16.5. The maximum atomic E-state index is 13.2. The molecule has 1 aromatic carbocycles. The van der Waals surface area contributed by atoms with E-state index in [1.54, 1.807) is 16.8 Å². The molecule has 1 aromatic heterocycles. The van der Waals surface area contributed by atoms with Gasteiger partial charge in [0.15, 0.2) is 0 Å². The fourth-order valence-corrected chi connectivity index (χ4v) is 3.60. The second-order valence-corrected chi connectivity index (χ2v) is 7.34. The van der Waals surface area contributed by atoms with E-state index in [0.29, 0.717) is 6.54 Å². The second-order valence-electron chi connectivity index (χ2n) is 7.34. The number of carbonyl (C=O) groups is 1. The third-order valence-electron chi connectivity index (χ3n) is 5.48. The van der Waals surface area contributed by atoms with Crippen LogP contribution < -0.4 is 5.32 Å². The predicted molar refractivity (Wildman–Crippen MR) is 104 cm³/mol. The number of nitrogens with zero attached hydrogens (tertiary/aromatic N) is 4. The van der Waals surface area contributed by atoms with Crippen molar-refractivity contribution < 1.29 is 9.18 Å². The Balaban J connectivity index is 1.65. The molecule has 0 unspecified atom stereocenters. The average molecular weight is 373 g/mol. The third-order valence-corrected chi connectivity index (χ3v) is 5.48. The minimum atomic E-state index is -0.273. The lowest BCUT2D eigenvalue weighted by Crippen LogP contribution is -2.48. The van der Waals surface area contributed by atoms with Crippen LogP contribution >= 0.6 is 0 Å². The number of carbonyl (C=O) groups excluding carboxylic acids is 1. The first kappa shape index (κ1) is 19.4. The zero-order chi connectivity index (χ0) is 19.6. The summed E-state index contributed by atoms with van der Waals surface area (Å²) in [5.41, 5.74) is 3.60. The van der Waals surface area contributed by atoms with Crippen molar-refractivity contribution >= 4 is 6.03 Å². The van der Waals surface area contributed by atoms with Gasteiger partial charge < -0.3 is 15.1 Å². The number of rotatable bonds is 4. The van der Waals surface area contributed by atoms with Crippen molar-refractivity contribution in [1.82, 2.24) is 24.9 Å². The normalized spacial score (nSPS) is 15.7. The van der Waals surface area contributed by atoms with Crippen molar-refractivity contribution in [2.24, 2.45) is 0 Å². The first-order valence-corrected chi connectivity index (χ1v) is 9.37. The fraction of sp³-hybridized carbons (Fsp3) is 0.500. The monoisotopic (exact) mass is 373 g/mol. The van der Waals surface area contributed by atoms with Crippen molar-refractivity contribution in [1.29, 1.82) is 0 Å². The van der Waals surface area contributed by atoms with Crippen molar-refractivity contribution in [3.05, 3.63) is 47.0 Å². The van der Waals surface area contributed by atoms with Crippen LogP contribution in [0.1, 0.15) is 29.8 Å². The first-order valence-electron chi connectivity index (χ1n) is 9.37. The summed E-state index contributed by atoms with van der Waals surface area (Å²) in [6.07, 6.45) is 2.00. The molecule has 7 heteroatoms. The van der Waals surface area contributed by atoms with Gasteiger partial charge in [-0.05, 0) is 71.1 Å². The van der Waals surface area contributed by atoms with E-state index in [0.717, 1.165) is 48.6 Å². The SMILES string of the molecule is Cc1nn(-c2ccc(F)cc2)c(C)c1CNC(=O)N(C)C1CCN(C)CC1. The van der Waals surface area contributed by atoms with Crippen LogP contribution in [0.15, 0.2) is 24.3 Å². The van der Waals surface area contributed by atoms with Crippen molar-refractivity contribution in [3.8, 4) is 5.69 Å². The largest absolute Gasteiger partial charge is 0.334 e. The van der Waals surface area contributed by atoms with Gasteiger partial charge in [0.2, 0.25) is 0 Å². The summed E-state index contributed by atoms with van der Waals surface area (Å²) in [6, 6.07) is 6.46. The molecule has 146 valence electrons. The lowest BCUT2D eigenvalue weighted by molar-refractivity contribution is 0.147.